The zero-order valence-corrected chi connectivity index (χ0v) is 23.0. The quantitative estimate of drug-likeness (QED) is 0.261. The van der Waals surface area contributed by atoms with Crippen molar-refractivity contribution in [3.8, 4) is 5.75 Å². The van der Waals surface area contributed by atoms with Crippen LogP contribution in [-0.4, -0.2) is 74.0 Å². The Kier molecular flexibility index (Phi) is 8.52. The molecule has 1 saturated carbocycles. The lowest BCUT2D eigenvalue weighted by atomic mass is 9.93. The van der Waals surface area contributed by atoms with Crippen molar-refractivity contribution in [1.82, 2.24) is 4.98 Å². The number of pyridine rings is 1. The lowest BCUT2D eigenvalue weighted by molar-refractivity contribution is 0.102. The van der Waals surface area contributed by atoms with Gasteiger partial charge in [0.05, 0.1) is 41.6 Å². The Hall–Kier alpha value is -3.16. The van der Waals surface area contributed by atoms with Crippen molar-refractivity contribution in [2.24, 2.45) is 5.41 Å². The SMILES string of the molecule is CC(C)(CO)Nc1nc(C(=O)Nc2ccc(NS(=O)(=O)CCO)cc2N2CCC3(CC2)CC3)ccc1OCF. The maximum Gasteiger partial charge on any atom is 0.274 e. The molecular weight excluding hydrogens is 529 g/mol. The fourth-order valence-corrected chi connectivity index (χ4v) is 5.42. The number of nitrogens with one attached hydrogen (secondary N) is 3. The molecule has 0 bridgehead atoms. The number of carbonyl (C=O) groups is 1. The van der Waals surface area contributed by atoms with Gasteiger partial charge in [-0.2, -0.15) is 0 Å². The highest BCUT2D eigenvalue weighted by molar-refractivity contribution is 7.92. The van der Waals surface area contributed by atoms with Gasteiger partial charge in [0.1, 0.15) is 5.69 Å². The van der Waals surface area contributed by atoms with Gasteiger partial charge in [0.2, 0.25) is 16.9 Å². The second-order valence-electron chi connectivity index (χ2n) is 10.8. The van der Waals surface area contributed by atoms with Crippen LogP contribution >= 0.6 is 0 Å². The smallest absolute Gasteiger partial charge is 0.274 e. The summed E-state index contributed by atoms with van der Waals surface area (Å²) in [6, 6.07) is 7.68. The summed E-state index contributed by atoms with van der Waals surface area (Å²) in [6.07, 6.45) is 4.49. The number of hydrogen-bond acceptors (Lipinski definition) is 9. The highest BCUT2D eigenvalue weighted by atomic mass is 32.2. The average molecular weight is 566 g/mol. The molecule has 11 nitrogen and oxygen atoms in total. The van der Waals surface area contributed by atoms with Crippen molar-refractivity contribution in [3.63, 3.8) is 0 Å². The molecule has 0 atom stereocenters. The molecule has 2 fully saturated rings. The first-order chi connectivity index (χ1) is 18.5. The summed E-state index contributed by atoms with van der Waals surface area (Å²) in [5, 5.41) is 24.5. The van der Waals surface area contributed by atoms with Crippen LogP contribution in [0.15, 0.2) is 30.3 Å². The van der Waals surface area contributed by atoms with Gasteiger partial charge >= 0.3 is 0 Å². The van der Waals surface area contributed by atoms with Crippen LogP contribution in [0.25, 0.3) is 0 Å². The Morgan fingerprint density at radius 2 is 1.87 bits per heavy atom. The second-order valence-corrected chi connectivity index (χ2v) is 12.6. The maximum absolute atomic E-state index is 13.3. The Morgan fingerprint density at radius 1 is 1.15 bits per heavy atom. The van der Waals surface area contributed by atoms with Gasteiger partial charge in [0.15, 0.2) is 11.6 Å². The minimum atomic E-state index is -3.73. The Morgan fingerprint density at radius 3 is 2.49 bits per heavy atom. The van der Waals surface area contributed by atoms with Crippen molar-refractivity contribution in [2.75, 3.05) is 59.2 Å². The lowest BCUT2D eigenvalue weighted by Gasteiger charge is -2.35. The summed E-state index contributed by atoms with van der Waals surface area (Å²) in [6.45, 7) is 3.15. The normalized spacial score (nSPS) is 16.6. The zero-order valence-electron chi connectivity index (χ0n) is 22.2. The van der Waals surface area contributed by atoms with Crippen LogP contribution in [-0.2, 0) is 10.0 Å². The summed E-state index contributed by atoms with van der Waals surface area (Å²) in [5.74, 6) is -0.751. The van der Waals surface area contributed by atoms with Gasteiger partial charge in [0.25, 0.3) is 5.91 Å². The molecule has 13 heteroatoms. The number of rotatable bonds is 12. The molecule has 39 heavy (non-hydrogen) atoms. The van der Waals surface area contributed by atoms with Crippen LogP contribution in [0.3, 0.4) is 0 Å². The first kappa shape index (κ1) is 28.8. The summed E-state index contributed by atoms with van der Waals surface area (Å²) >= 11 is 0. The van der Waals surface area contributed by atoms with Crippen LogP contribution in [0.2, 0.25) is 0 Å². The zero-order chi connectivity index (χ0) is 28.3. The van der Waals surface area contributed by atoms with E-state index >= 15 is 0 Å². The number of aliphatic hydroxyl groups is 2. The second kappa shape index (κ2) is 11.5. The van der Waals surface area contributed by atoms with E-state index in [1.807, 2.05) is 0 Å². The minimum absolute atomic E-state index is 0.0340. The molecule has 1 amide bonds. The van der Waals surface area contributed by atoms with Gasteiger partial charge in [0, 0.05) is 13.1 Å². The van der Waals surface area contributed by atoms with E-state index in [9.17, 15) is 22.7 Å². The third kappa shape index (κ3) is 7.28. The first-order valence-corrected chi connectivity index (χ1v) is 14.5. The van der Waals surface area contributed by atoms with Crippen LogP contribution in [0.4, 0.5) is 27.3 Å². The van der Waals surface area contributed by atoms with Gasteiger partial charge in [-0.15, -0.1) is 0 Å². The van der Waals surface area contributed by atoms with Gasteiger partial charge < -0.3 is 30.5 Å². The van der Waals surface area contributed by atoms with Gasteiger partial charge in [-0.05, 0) is 75.3 Å². The molecule has 0 radical (unpaired) electrons. The van der Waals surface area contributed by atoms with Crippen LogP contribution in [0.5, 0.6) is 5.75 Å². The highest BCUT2D eigenvalue weighted by Gasteiger charge is 2.44. The highest BCUT2D eigenvalue weighted by Crippen LogP contribution is 2.54. The fraction of sp³-hybridized carbons (Fsp3) is 0.538. The number of aromatic nitrogens is 1. The maximum atomic E-state index is 13.3. The number of alkyl halides is 1. The van der Waals surface area contributed by atoms with E-state index in [1.165, 1.54) is 25.0 Å². The van der Waals surface area contributed by atoms with E-state index in [-0.39, 0.29) is 23.9 Å². The molecule has 1 saturated heterocycles. The van der Waals surface area contributed by atoms with E-state index < -0.39 is 40.7 Å². The number of ether oxygens (including phenoxy) is 1. The van der Waals surface area contributed by atoms with Crippen LogP contribution in [0.1, 0.15) is 50.0 Å². The van der Waals surface area contributed by atoms with Crippen molar-refractivity contribution in [3.05, 3.63) is 36.0 Å². The van der Waals surface area contributed by atoms with Crippen LogP contribution < -0.4 is 25.0 Å². The van der Waals surface area contributed by atoms with Gasteiger partial charge in [-0.3, -0.25) is 9.52 Å². The predicted octanol–water partition coefficient (Wildman–Crippen LogP) is 2.94. The van der Waals surface area contributed by atoms with Crippen LogP contribution in [0, 0.1) is 5.41 Å². The topological polar surface area (TPSA) is 153 Å². The number of carbonyl (C=O) groups excluding carboxylic acids is 1. The number of halogens is 1. The monoisotopic (exact) mass is 565 g/mol. The molecule has 1 aromatic carbocycles. The summed E-state index contributed by atoms with van der Waals surface area (Å²) in [4.78, 5) is 19.7. The number of sulfonamides is 1. The average Bonchev–Trinajstić information content (AvgIpc) is 3.64. The van der Waals surface area contributed by atoms with E-state index in [1.54, 1.807) is 32.0 Å². The number of hydrogen-bond donors (Lipinski definition) is 5. The first-order valence-electron chi connectivity index (χ1n) is 12.9. The van der Waals surface area contributed by atoms with E-state index in [0.717, 1.165) is 25.9 Å². The summed E-state index contributed by atoms with van der Waals surface area (Å²) in [5.41, 5.74) is 1.11. The van der Waals surface area contributed by atoms with E-state index in [0.29, 0.717) is 22.5 Å². The van der Waals surface area contributed by atoms with Crippen molar-refractivity contribution >= 4 is 38.8 Å². The predicted molar refractivity (Wildman–Crippen MR) is 148 cm³/mol. The molecule has 2 aliphatic rings. The van der Waals surface area contributed by atoms with E-state index in [2.05, 4.69) is 25.2 Å². The number of amides is 1. The number of benzene rings is 1. The molecule has 1 aliphatic heterocycles. The third-order valence-electron chi connectivity index (χ3n) is 7.15. The molecule has 214 valence electrons. The molecule has 5 N–H and O–H groups in total. The number of nitrogens with zero attached hydrogens (tertiary/aromatic N) is 2. The number of piperidine rings is 1. The molecule has 2 heterocycles. The van der Waals surface area contributed by atoms with Crippen molar-refractivity contribution in [2.45, 2.75) is 45.1 Å². The molecule has 1 spiro atoms. The Balaban J connectivity index is 1.61. The van der Waals surface area contributed by atoms with E-state index in [4.69, 9.17) is 9.84 Å². The van der Waals surface area contributed by atoms with Crippen molar-refractivity contribution in [1.29, 1.82) is 0 Å². The molecule has 0 unspecified atom stereocenters. The third-order valence-corrected chi connectivity index (χ3v) is 8.42. The largest absolute Gasteiger partial charge is 0.459 e. The fourth-order valence-electron chi connectivity index (χ4n) is 4.60. The molecule has 2 aromatic rings. The lowest BCUT2D eigenvalue weighted by Crippen LogP contribution is -2.36. The Bertz CT molecular complexity index is 1290. The molecule has 1 aromatic heterocycles. The molecule has 1 aliphatic carbocycles. The standard InChI is InChI=1S/C26H36FN5O6S/c1-25(2,16-34)30-23-22(38-17-27)6-5-20(28-23)24(35)29-19-4-3-18(31-39(36,37)14-13-33)15-21(19)32-11-9-26(7-8-26)10-12-32/h3-6,15,31,33-34H,7-14,16-17H2,1-2H3,(H,28,30)(H,29,35). The summed E-state index contributed by atoms with van der Waals surface area (Å²) in [7, 11) is -3.73. The minimum Gasteiger partial charge on any atom is -0.459 e. The van der Waals surface area contributed by atoms with Gasteiger partial charge in [-0.25, -0.2) is 17.8 Å². The molecule has 4 rings (SSSR count). The van der Waals surface area contributed by atoms with Crippen molar-refractivity contribution < 1.29 is 32.6 Å². The Labute approximate surface area is 227 Å². The van der Waals surface area contributed by atoms with Gasteiger partial charge in [-0.1, -0.05) is 0 Å². The number of aliphatic hydroxyl groups excluding tert-OH is 2. The summed E-state index contributed by atoms with van der Waals surface area (Å²) < 4.78 is 44.8. The number of anilines is 4. The molecular formula is C26H36FN5O6S.